The number of ether oxygens (including phenoxy) is 1. The Morgan fingerprint density at radius 2 is 1.92 bits per heavy atom. The van der Waals surface area contributed by atoms with Crippen molar-refractivity contribution in [2.75, 3.05) is 18.0 Å². The molecule has 8 heteroatoms. The third kappa shape index (κ3) is 3.54. The summed E-state index contributed by atoms with van der Waals surface area (Å²) in [5, 5.41) is 0. The molecule has 4 unspecified atom stereocenters. The van der Waals surface area contributed by atoms with E-state index < -0.39 is 12.3 Å². The van der Waals surface area contributed by atoms with Gasteiger partial charge >= 0.3 is 0 Å². The molecule has 4 rings (SSSR count). The lowest BCUT2D eigenvalue weighted by Crippen LogP contribution is -2.38. The molecule has 0 spiro atoms. The first-order chi connectivity index (χ1) is 12.5. The average molecular weight is 367 g/mol. The number of alkyl halides is 2. The largest absolute Gasteiger partial charge is 0.376 e. The van der Waals surface area contributed by atoms with Crippen LogP contribution in [0.4, 0.5) is 14.6 Å². The first kappa shape index (κ1) is 18.0. The Bertz CT molecular complexity index is 623. The van der Waals surface area contributed by atoms with Crippen LogP contribution in [0, 0.1) is 5.92 Å². The molecule has 6 atom stereocenters. The van der Waals surface area contributed by atoms with Gasteiger partial charge in [-0.1, -0.05) is 0 Å². The molecule has 2 aliphatic heterocycles. The van der Waals surface area contributed by atoms with E-state index in [9.17, 15) is 8.78 Å². The topological polar surface area (TPSA) is 62.3 Å². The summed E-state index contributed by atoms with van der Waals surface area (Å²) in [4.78, 5) is 10.3. The summed E-state index contributed by atoms with van der Waals surface area (Å²) >= 11 is 0. The molecule has 1 aromatic heterocycles. The quantitative estimate of drug-likeness (QED) is 0.850. The summed E-state index contributed by atoms with van der Waals surface area (Å²) in [7, 11) is 0. The maximum atomic E-state index is 13.5. The summed E-state index contributed by atoms with van der Waals surface area (Å²) < 4.78 is 33.1. The van der Waals surface area contributed by atoms with Crippen molar-refractivity contribution in [1.29, 1.82) is 0 Å². The van der Waals surface area contributed by atoms with Crippen molar-refractivity contribution >= 4 is 5.82 Å². The second-order valence-electron chi connectivity index (χ2n) is 7.89. The van der Waals surface area contributed by atoms with Crippen LogP contribution in [0.3, 0.4) is 0 Å². The maximum absolute atomic E-state index is 13.5. The van der Waals surface area contributed by atoms with Crippen molar-refractivity contribution in [2.24, 2.45) is 5.92 Å². The van der Waals surface area contributed by atoms with Crippen molar-refractivity contribution in [2.45, 2.75) is 69.7 Å². The van der Waals surface area contributed by atoms with Gasteiger partial charge in [0.05, 0.1) is 37.0 Å². The highest BCUT2D eigenvalue weighted by Crippen LogP contribution is 2.39. The minimum Gasteiger partial charge on any atom is -0.376 e. The van der Waals surface area contributed by atoms with Gasteiger partial charge in [0.15, 0.2) is 12.3 Å². The number of hydrazine groups is 1. The van der Waals surface area contributed by atoms with Crippen molar-refractivity contribution in [3.63, 3.8) is 0 Å². The van der Waals surface area contributed by atoms with Crippen LogP contribution in [0.25, 0.3) is 0 Å². The third-order valence-corrected chi connectivity index (χ3v) is 5.67. The zero-order chi connectivity index (χ0) is 18.3. The van der Waals surface area contributed by atoms with E-state index in [1.54, 1.807) is 4.90 Å². The number of hydrogen-bond acceptors (Lipinski definition) is 6. The van der Waals surface area contributed by atoms with Crippen LogP contribution in [-0.2, 0) is 4.74 Å². The standard InChI is InChI=1S/C18H27F2N5O/c1-10(2)26-11-3-4-15-12(5-11)18(24-23-15)16-6-17(22-9-21-16)25-7-13(19)14(20)8-25/h6,9-15,18,23-24H,3-5,7-8H2,1-2H3/t11?,12?,13-,14-,15?,18?/m0/s1. The monoisotopic (exact) mass is 367 g/mol. The number of hydrogen-bond donors (Lipinski definition) is 2. The minimum absolute atomic E-state index is 0.0460. The fourth-order valence-electron chi connectivity index (χ4n) is 4.43. The molecule has 0 radical (unpaired) electrons. The van der Waals surface area contributed by atoms with Crippen molar-refractivity contribution in [3.8, 4) is 0 Å². The fourth-order valence-corrected chi connectivity index (χ4v) is 4.43. The van der Waals surface area contributed by atoms with Crippen LogP contribution < -0.4 is 15.8 Å². The van der Waals surface area contributed by atoms with Crippen LogP contribution in [0.15, 0.2) is 12.4 Å². The van der Waals surface area contributed by atoms with Gasteiger partial charge in [0.2, 0.25) is 0 Å². The van der Waals surface area contributed by atoms with E-state index in [1.165, 1.54) is 6.33 Å². The molecule has 0 amide bonds. The lowest BCUT2D eigenvalue weighted by molar-refractivity contribution is -0.0276. The first-order valence-electron chi connectivity index (χ1n) is 9.53. The summed E-state index contributed by atoms with van der Waals surface area (Å²) in [6, 6.07) is 2.30. The van der Waals surface area contributed by atoms with Gasteiger partial charge in [-0.3, -0.25) is 5.43 Å². The Kier molecular flexibility index (Phi) is 5.07. The Balaban J connectivity index is 1.49. The number of nitrogens with zero attached hydrogens (tertiary/aromatic N) is 3. The Morgan fingerprint density at radius 3 is 2.65 bits per heavy atom. The second-order valence-corrected chi connectivity index (χ2v) is 7.89. The Morgan fingerprint density at radius 1 is 1.15 bits per heavy atom. The predicted molar refractivity (Wildman–Crippen MR) is 94.2 cm³/mol. The van der Waals surface area contributed by atoms with Crippen LogP contribution in [0.5, 0.6) is 0 Å². The van der Waals surface area contributed by atoms with Gasteiger partial charge in [0, 0.05) is 18.0 Å². The Hall–Kier alpha value is -1.38. The zero-order valence-electron chi connectivity index (χ0n) is 15.2. The number of nitrogens with one attached hydrogen (secondary N) is 2. The van der Waals surface area contributed by atoms with Gasteiger partial charge in [0.1, 0.15) is 12.1 Å². The number of halogens is 2. The maximum Gasteiger partial charge on any atom is 0.150 e. The summed E-state index contributed by atoms with van der Waals surface area (Å²) in [6.45, 7) is 4.23. The molecule has 1 saturated carbocycles. The van der Waals surface area contributed by atoms with Gasteiger partial charge in [-0.15, -0.1) is 0 Å². The first-order valence-corrected chi connectivity index (χ1v) is 9.53. The third-order valence-electron chi connectivity index (χ3n) is 5.67. The summed E-state index contributed by atoms with van der Waals surface area (Å²) in [5.41, 5.74) is 7.61. The highest BCUT2D eigenvalue weighted by Gasteiger charge is 2.42. The average Bonchev–Trinajstić information content (AvgIpc) is 3.18. The van der Waals surface area contributed by atoms with E-state index in [2.05, 4.69) is 34.7 Å². The molecule has 3 heterocycles. The van der Waals surface area contributed by atoms with Crippen molar-refractivity contribution < 1.29 is 13.5 Å². The molecule has 0 aromatic carbocycles. The molecule has 2 N–H and O–H groups in total. The molecule has 26 heavy (non-hydrogen) atoms. The molecule has 144 valence electrons. The van der Waals surface area contributed by atoms with Crippen LogP contribution in [0.1, 0.15) is 44.8 Å². The number of anilines is 1. The van der Waals surface area contributed by atoms with Gasteiger partial charge in [0.25, 0.3) is 0 Å². The van der Waals surface area contributed by atoms with Crippen molar-refractivity contribution in [1.82, 2.24) is 20.8 Å². The SMILES string of the molecule is CC(C)OC1CCC2NNC(c3cc(N4C[C@H](F)[C@@H](F)C4)ncn3)C2C1. The molecule has 0 bridgehead atoms. The van der Waals surface area contributed by atoms with E-state index >= 15 is 0 Å². The molecular weight excluding hydrogens is 340 g/mol. The van der Waals surface area contributed by atoms with E-state index in [0.29, 0.717) is 17.8 Å². The zero-order valence-corrected chi connectivity index (χ0v) is 15.2. The molecule has 3 aliphatic rings. The molecule has 1 aliphatic carbocycles. The number of rotatable bonds is 4. The van der Waals surface area contributed by atoms with Crippen LogP contribution in [-0.4, -0.2) is 53.7 Å². The molecule has 6 nitrogen and oxygen atoms in total. The van der Waals surface area contributed by atoms with E-state index in [0.717, 1.165) is 25.0 Å². The predicted octanol–water partition coefficient (Wildman–Crippen LogP) is 2.08. The van der Waals surface area contributed by atoms with E-state index in [1.807, 2.05) is 6.07 Å². The fraction of sp³-hybridized carbons (Fsp3) is 0.778. The molecule has 1 aromatic rings. The summed E-state index contributed by atoms with van der Waals surface area (Å²) in [5.74, 6) is 0.963. The normalized spacial score (nSPS) is 37.3. The van der Waals surface area contributed by atoms with Crippen LogP contribution >= 0.6 is 0 Å². The van der Waals surface area contributed by atoms with Gasteiger partial charge < -0.3 is 9.64 Å². The molecule has 2 saturated heterocycles. The molecule has 3 fully saturated rings. The second kappa shape index (κ2) is 7.32. The van der Waals surface area contributed by atoms with Gasteiger partial charge in [-0.25, -0.2) is 24.2 Å². The highest BCUT2D eigenvalue weighted by atomic mass is 19.2. The Labute approximate surface area is 152 Å². The van der Waals surface area contributed by atoms with Gasteiger partial charge in [-0.2, -0.15) is 0 Å². The highest BCUT2D eigenvalue weighted by molar-refractivity contribution is 5.42. The van der Waals surface area contributed by atoms with Gasteiger partial charge in [-0.05, 0) is 33.1 Å². The van der Waals surface area contributed by atoms with Crippen LogP contribution in [0.2, 0.25) is 0 Å². The summed E-state index contributed by atoms with van der Waals surface area (Å²) in [6.07, 6.45) is 2.16. The lowest BCUT2D eigenvalue weighted by atomic mass is 9.79. The smallest absolute Gasteiger partial charge is 0.150 e. The number of fused-ring (bicyclic) bond motifs is 1. The minimum atomic E-state index is -1.45. The van der Waals surface area contributed by atoms with Crippen molar-refractivity contribution in [3.05, 3.63) is 18.1 Å². The molecular formula is C18H27F2N5O. The number of aromatic nitrogens is 2. The van der Waals surface area contributed by atoms with E-state index in [-0.39, 0.29) is 31.3 Å². The lowest BCUT2D eigenvalue weighted by Gasteiger charge is -2.34. The van der Waals surface area contributed by atoms with E-state index in [4.69, 9.17) is 4.74 Å².